The van der Waals surface area contributed by atoms with Crippen molar-refractivity contribution in [2.45, 2.75) is 53.8 Å². The van der Waals surface area contributed by atoms with Crippen molar-refractivity contribution in [3.8, 4) is 0 Å². The zero-order chi connectivity index (χ0) is 23.2. The molecular formula is C20H32N2O8S. The maximum Gasteiger partial charge on any atom is 0.241 e. The van der Waals surface area contributed by atoms with Gasteiger partial charge in [-0.25, -0.2) is 8.42 Å². The molecular weight excluding hydrogens is 428 g/mol. The van der Waals surface area contributed by atoms with E-state index in [1.807, 2.05) is 0 Å². The molecule has 1 aliphatic rings. The third-order valence-corrected chi connectivity index (χ3v) is 8.51. The van der Waals surface area contributed by atoms with Crippen molar-refractivity contribution in [1.29, 1.82) is 0 Å². The van der Waals surface area contributed by atoms with E-state index >= 15 is 0 Å². The molecule has 0 aliphatic carbocycles. The lowest BCUT2D eigenvalue weighted by Gasteiger charge is -2.38. The van der Waals surface area contributed by atoms with E-state index < -0.39 is 64.0 Å². The molecule has 0 radical (unpaired) electrons. The predicted molar refractivity (Wildman–Crippen MR) is 112 cm³/mol. The number of nitrogens with one attached hydrogen (secondary N) is 2. The molecule has 1 heterocycles. The number of sulfone groups is 1. The number of piperidine rings is 1. The Kier molecular flexibility index (Phi) is 8.95. The Bertz CT molecular complexity index is 816. The molecule has 10 nitrogen and oxygen atoms in total. The first kappa shape index (κ1) is 25.7. The van der Waals surface area contributed by atoms with Crippen molar-refractivity contribution in [2.75, 3.05) is 26.2 Å². The third kappa shape index (κ3) is 5.43. The van der Waals surface area contributed by atoms with Gasteiger partial charge in [0.2, 0.25) is 5.91 Å². The number of carbonyl (C=O) groups is 1. The molecule has 1 unspecified atom stereocenters. The zero-order valence-corrected chi connectivity index (χ0v) is 18.2. The number of hydrogen-bond acceptors (Lipinski definition) is 9. The second kappa shape index (κ2) is 10.8. The van der Waals surface area contributed by atoms with Gasteiger partial charge in [-0.1, -0.05) is 18.2 Å². The van der Waals surface area contributed by atoms with E-state index in [0.717, 1.165) is 0 Å². The molecule has 2 rings (SSSR count). The van der Waals surface area contributed by atoms with Gasteiger partial charge in [-0.2, -0.15) is 0 Å². The zero-order valence-electron chi connectivity index (χ0n) is 17.4. The van der Waals surface area contributed by atoms with Gasteiger partial charge in [-0.3, -0.25) is 4.79 Å². The normalized spacial score (nSPS) is 21.5. The van der Waals surface area contributed by atoms with E-state index in [4.69, 9.17) is 5.11 Å². The molecule has 1 aliphatic heterocycles. The highest BCUT2D eigenvalue weighted by Crippen LogP contribution is 2.37. The first-order valence-corrected chi connectivity index (χ1v) is 11.7. The van der Waals surface area contributed by atoms with Gasteiger partial charge in [0.25, 0.3) is 0 Å². The summed E-state index contributed by atoms with van der Waals surface area (Å²) in [5.74, 6) is -1.31. The Morgan fingerprint density at radius 3 is 2.19 bits per heavy atom. The summed E-state index contributed by atoms with van der Waals surface area (Å²) < 4.78 is 25.2. The molecule has 0 bridgehead atoms. The topological polar surface area (TPSA) is 176 Å². The maximum atomic E-state index is 13.5. The van der Waals surface area contributed by atoms with Gasteiger partial charge < -0.3 is 36.2 Å². The van der Waals surface area contributed by atoms with E-state index in [1.165, 1.54) is 19.1 Å². The minimum Gasteiger partial charge on any atom is -0.394 e. The van der Waals surface area contributed by atoms with Gasteiger partial charge in [0.05, 0.1) is 17.6 Å². The Morgan fingerprint density at radius 1 is 1.10 bits per heavy atom. The Labute approximate surface area is 181 Å². The van der Waals surface area contributed by atoms with Crippen LogP contribution in [0.25, 0.3) is 0 Å². The second-order valence-electron chi connectivity index (χ2n) is 7.96. The quantitative estimate of drug-likeness (QED) is 0.204. The fourth-order valence-corrected chi connectivity index (χ4v) is 5.80. The number of rotatable bonds is 10. The fraction of sp³-hybridized carbons (Fsp3) is 0.650. The average molecular weight is 461 g/mol. The van der Waals surface area contributed by atoms with Crippen LogP contribution in [-0.4, -0.2) is 95.3 Å². The van der Waals surface area contributed by atoms with Crippen molar-refractivity contribution < 1.29 is 38.7 Å². The highest BCUT2D eigenvalue weighted by molar-refractivity contribution is 7.93. The molecule has 1 aromatic carbocycles. The molecule has 31 heavy (non-hydrogen) atoms. The van der Waals surface area contributed by atoms with Crippen LogP contribution in [0.1, 0.15) is 19.8 Å². The van der Waals surface area contributed by atoms with E-state index in [0.29, 0.717) is 25.9 Å². The first-order chi connectivity index (χ1) is 14.6. The van der Waals surface area contributed by atoms with Crippen LogP contribution in [0.15, 0.2) is 35.2 Å². The molecule has 1 fully saturated rings. The van der Waals surface area contributed by atoms with Crippen molar-refractivity contribution in [3.05, 3.63) is 30.3 Å². The molecule has 1 aromatic rings. The minimum atomic E-state index is -4.11. The lowest BCUT2D eigenvalue weighted by atomic mass is 9.84. The maximum absolute atomic E-state index is 13.5. The summed E-state index contributed by atoms with van der Waals surface area (Å²) in [6, 6.07) is 7.66. The fourth-order valence-electron chi connectivity index (χ4n) is 3.80. The van der Waals surface area contributed by atoms with Crippen LogP contribution in [0, 0.1) is 5.92 Å². The van der Waals surface area contributed by atoms with Gasteiger partial charge in [-0.15, -0.1) is 0 Å². The molecule has 176 valence electrons. The predicted octanol–water partition coefficient (Wildman–Crippen LogP) is -2.23. The van der Waals surface area contributed by atoms with Crippen molar-refractivity contribution in [2.24, 2.45) is 5.92 Å². The molecule has 0 aromatic heterocycles. The van der Waals surface area contributed by atoms with Gasteiger partial charge in [0, 0.05) is 6.54 Å². The van der Waals surface area contributed by atoms with E-state index in [2.05, 4.69) is 10.6 Å². The smallest absolute Gasteiger partial charge is 0.241 e. The number of aliphatic hydroxyl groups is 5. The Hall–Kier alpha value is -1.60. The molecule has 1 saturated heterocycles. The molecule has 0 spiro atoms. The van der Waals surface area contributed by atoms with Gasteiger partial charge in [-0.05, 0) is 50.9 Å². The van der Waals surface area contributed by atoms with E-state index in [1.54, 1.807) is 18.2 Å². The number of aliphatic hydroxyl groups excluding tert-OH is 5. The van der Waals surface area contributed by atoms with Crippen LogP contribution in [0.3, 0.4) is 0 Å². The Morgan fingerprint density at radius 2 is 1.65 bits per heavy atom. The van der Waals surface area contributed by atoms with Crippen molar-refractivity contribution >= 4 is 15.7 Å². The summed E-state index contributed by atoms with van der Waals surface area (Å²) >= 11 is 0. The summed E-state index contributed by atoms with van der Waals surface area (Å²) in [6.07, 6.45) is -6.17. The van der Waals surface area contributed by atoms with Crippen molar-refractivity contribution in [3.63, 3.8) is 0 Å². The van der Waals surface area contributed by atoms with Gasteiger partial charge in [0.1, 0.15) is 18.3 Å². The van der Waals surface area contributed by atoms with Crippen LogP contribution in [0.2, 0.25) is 0 Å². The number of carbonyl (C=O) groups excluding carboxylic acids is 1. The summed E-state index contributed by atoms with van der Waals surface area (Å²) in [6.45, 7) is 1.10. The van der Waals surface area contributed by atoms with E-state index in [-0.39, 0.29) is 4.90 Å². The molecule has 11 heteroatoms. The lowest BCUT2D eigenvalue weighted by molar-refractivity contribution is -0.129. The number of hydrogen-bond donors (Lipinski definition) is 7. The number of amides is 1. The molecule has 0 saturated carbocycles. The van der Waals surface area contributed by atoms with Crippen LogP contribution < -0.4 is 10.6 Å². The molecule has 1 amide bonds. The van der Waals surface area contributed by atoms with Gasteiger partial charge >= 0.3 is 0 Å². The average Bonchev–Trinajstić information content (AvgIpc) is 2.81. The second-order valence-corrected chi connectivity index (χ2v) is 10.3. The van der Waals surface area contributed by atoms with Crippen molar-refractivity contribution in [1.82, 2.24) is 10.6 Å². The summed E-state index contributed by atoms with van der Waals surface area (Å²) in [7, 11) is -4.11. The van der Waals surface area contributed by atoms with Crippen LogP contribution >= 0.6 is 0 Å². The summed E-state index contributed by atoms with van der Waals surface area (Å²) in [5.41, 5.74) is 0. The highest BCUT2D eigenvalue weighted by Gasteiger charge is 2.53. The van der Waals surface area contributed by atoms with Gasteiger partial charge in [0.15, 0.2) is 14.6 Å². The van der Waals surface area contributed by atoms with Crippen LogP contribution in [0.4, 0.5) is 0 Å². The Balaban J connectivity index is 2.25. The molecule has 5 atom stereocenters. The largest absolute Gasteiger partial charge is 0.394 e. The molecule has 7 N–H and O–H groups in total. The third-order valence-electron chi connectivity index (χ3n) is 5.98. The first-order valence-electron chi connectivity index (χ1n) is 10.2. The summed E-state index contributed by atoms with van der Waals surface area (Å²) in [4.78, 5) is 13.2. The highest BCUT2D eigenvalue weighted by atomic mass is 32.2. The lowest BCUT2D eigenvalue weighted by Crippen LogP contribution is -2.59. The standard InChI is InChI=1S/C20H32N2O8S/c1-20(13-7-9-21-10-8-13,31(29,30)14-5-3-2-4-6-14)19(28)22-11-15(24)17(26)18(27)16(25)12-23/h2-6,13,15-18,21,23-27H,7-12H2,1H3,(H,22,28)/t15-,16+,17+,18+,20?/m0/s1. The summed E-state index contributed by atoms with van der Waals surface area (Å²) in [5, 5.41) is 53.6. The SMILES string of the molecule is CC(C(=O)NC[C@H](O)[C@@H](O)[C@H](O)[C@H](O)CO)(C1CCNCC1)S(=O)(=O)c1ccccc1. The monoisotopic (exact) mass is 460 g/mol. The van der Waals surface area contributed by atoms with E-state index in [9.17, 15) is 33.6 Å². The van der Waals surface area contributed by atoms with Crippen LogP contribution in [-0.2, 0) is 14.6 Å². The minimum absolute atomic E-state index is 0.00764. The van der Waals surface area contributed by atoms with Crippen LogP contribution in [0.5, 0.6) is 0 Å². The number of benzene rings is 1.